The number of amides is 1. The van der Waals surface area contributed by atoms with Gasteiger partial charge in [0.2, 0.25) is 0 Å². The summed E-state index contributed by atoms with van der Waals surface area (Å²) in [5.41, 5.74) is 4.91. The number of nitrogen functional groups attached to an aromatic ring is 1. The molecule has 3 atom stereocenters. The highest BCUT2D eigenvalue weighted by atomic mass is 32.3. The molecule has 1 fully saturated rings. The lowest BCUT2D eigenvalue weighted by atomic mass is 9.84. The first-order valence-electron chi connectivity index (χ1n) is 7.57. The lowest BCUT2D eigenvalue weighted by molar-refractivity contribution is 0.199. The van der Waals surface area contributed by atoms with E-state index in [9.17, 15) is 18.3 Å². The van der Waals surface area contributed by atoms with Gasteiger partial charge in [-0.1, -0.05) is 0 Å². The molecular formula is C15H20FN3O4S. The maximum absolute atomic E-state index is 14.5. The highest BCUT2D eigenvalue weighted by Crippen LogP contribution is 2.64. The van der Waals surface area contributed by atoms with Crippen molar-refractivity contribution in [3.05, 3.63) is 29.6 Å². The average Bonchev–Trinajstić information content (AvgIpc) is 2.45. The maximum atomic E-state index is 14.5. The number of anilines is 1. The topological polar surface area (TPSA) is 128 Å². The van der Waals surface area contributed by atoms with Gasteiger partial charge in [0.25, 0.3) is 0 Å². The molecule has 2 heterocycles. The van der Waals surface area contributed by atoms with Crippen LogP contribution in [-0.2, 0) is 5.54 Å². The quantitative estimate of drug-likeness (QED) is 0.494. The Kier molecular flexibility index (Phi) is 3.97. The van der Waals surface area contributed by atoms with Crippen LogP contribution in [0.5, 0.6) is 0 Å². The summed E-state index contributed by atoms with van der Waals surface area (Å²) in [4.78, 5) is 15.5. The van der Waals surface area contributed by atoms with E-state index in [1.54, 1.807) is 6.92 Å². The molecule has 0 saturated carbocycles. The van der Waals surface area contributed by atoms with Crippen LogP contribution in [0.25, 0.3) is 0 Å². The Morgan fingerprint density at radius 1 is 1.46 bits per heavy atom. The fraction of sp³-hybridized carbons (Fsp3) is 0.467. The van der Waals surface area contributed by atoms with Crippen LogP contribution < -0.4 is 11.1 Å². The number of hydrogen-bond donors (Lipinski definition) is 5. The second-order valence-electron chi connectivity index (χ2n) is 6.36. The standard InChI is InChI=1S/C15H20FN3O4S/c1-15(9-7-8(17)5-6-10(9)16)12-4-2-3-11(24(12,22)23)13(19-15)18-14(20)21/h5-7,11-12,22-23H,2-4,17H2,1H3,(H,18,19)(H,20,21)/t11-,12+,15+/m0/s1. The summed E-state index contributed by atoms with van der Waals surface area (Å²) < 4.78 is 36.0. The van der Waals surface area contributed by atoms with Gasteiger partial charge in [-0.3, -0.25) is 19.4 Å². The number of rotatable bonds is 1. The molecule has 0 aromatic heterocycles. The van der Waals surface area contributed by atoms with E-state index < -0.39 is 38.5 Å². The van der Waals surface area contributed by atoms with E-state index in [4.69, 9.17) is 10.8 Å². The first-order chi connectivity index (χ1) is 11.2. The molecule has 2 aliphatic heterocycles. The Morgan fingerprint density at radius 3 is 2.83 bits per heavy atom. The third-order valence-corrected chi connectivity index (χ3v) is 7.65. The van der Waals surface area contributed by atoms with E-state index >= 15 is 0 Å². The average molecular weight is 357 g/mol. The molecule has 132 valence electrons. The second kappa shape index (κ2) is 5.61. The number of fused-ring (bicyclic) bond motifs is 2. The number of carboxylic acid groups (broad SMARTS) is 1. The van der Waals surface area contributed by atoms with E-state index in [0.717, 1.165) is 0 Å². The Morgan fingerprint density at radius 2 is 2.17 bits per heavy atom. The van der Waals surface area contributed by atoms with Crippen LogP contribution in [0.2, 0.25) is 0 Å². The lowest BCUT2D eigenvalue weighted by Crippen LogP contribution is -2.56. The van der Waals surface area contributed by atoms with Crippen molar-refractivity contribution in [1.82, 2.24) is 5.32 Å². The Balaban J connectivity index is 2.22. The molecule has 1 aromatic rings. The van der Waals surface area contributed by atoms with Gasteiger partial charge in [0.1, 0.15) is 22.4 Å². The summed E-state index contributed by atoms with van der Waals surface area (Å²) in [6.45, 7) is 1.59. The second-order valence-corrected chi connectivity index (χ2v) is 8.78. The summed E-state index contributed by atoms with van der Waals surface area (Å²) in [5, 5.41) is 9.73. The van der Waals surface area contributed by atoms with Gasteiger partial charge >= 0.3 is 6.09 Å². The summed E-state index contributed by atoms with van der Waals surface area (Å²) in [6.07, 6.45) is 0.217. The molecule has 2 aliphatic rings. The highest BCUT2D eigenvalue weighted by molar-refractivity contribution is 8.26. The van der Waals surface area contributed by atoms with Gasteiger partial charge in [-0.25, -0.2) is 9.18 Å². The molecule has 0 spiro atoms. The van der Waals surface area contributed by atoms with Crippen LogP contribution in [0.15, 0.2) is 23.2 Å². The first-order valence-corrected chi connectivity index (χ1v) is 9.24. The minimum absolute atomic E-state index is 0.0252. The number of nitrogens with one attached hydrogen (secondary N) is 1. The van der Waals surface area contributed by atoms with Gasteiger partial charge in [0, 0.05) is 11.3 Å². The number of carbonyl (C=O) groups is 1. The molecule has 0 unspecified atom stereocenters. The van der Waals surface area contributed by atoms with Crippen LogP contribution in [-0.4, -0.2) is 36.6 Å². The van der Waals surface area contributed by atoms with Gasteiger partial charge in [-0.05, 0) is 44.4 Å². The fourth-order valence-corrected chi connectivity index (χ4v) is 6.45. The molecule has 1 saturated heterocycles. The predicted octanol–water partition coefficient (Wildman–Crippen LogP) is 2.97. The minimum atomic E-state index is -3.21. The summed E-state index contributed by atoms with van der Waals surface area (Å²) in [6, 6.07) is 4.03. The van der Waals surface area contributed by atoms with Crippen molar-refractivity contribution in [2.45, 2.75) is 42.2 Å². The monoisotopic (exact) mass is 357 g/mol. The van der Waals surface area contributed by atoms with E-state index in [1.165, 1.54) is 18.2 Å². The van der Waals surface area contributed by atoms with Crippen molar-refractivity contribution in [2.24, 2.45) is 4.99 Å². The molecular weight excluding hydrogens is 337 g/mol. The molecule has 2 bridgehead atoms. The first kappa shape index (κ1) is 17.0. The van der Waals surface area contributed by atoms with Crippen LogP contribution in [0.3, 0.4) is 0 Å². The predicted molar refractivity (Wildman–Crippen MR) is 91.0 cm³/mol. The van der Waals surface area contributed by atoms with Crippen LogP contribution in [0.4, 0.5) is 14.9 Å². The summed E-state index contributed by atoms with van der Waals surface area (Å²) >= 11 is 0. The van der Waals surface area contributed by atoms with Gasteiger partial charge in [-0.2, -0.15) is 10.6 Å². The van der Waals surface area contributed by atoms with E-state index in [2.05, 4.69) is 10.3 Å². The summed E-state index contributed by atoms with van der Waals surface area (Å²) in [7, 11) is -3.21. The van der Waals surface area contributed by atoms with E-state index in [0.29, 0.717) is 24.9 Å². The number of halogens is 1. The Hall–Kier alpha value is -1.84. The van der Waals surface area contributed by atoms with Gasteiger partial charge < -0.3 is 10.8 Å². The van der Waals surface area contributed by atoms with Gasteiger partial charge in [-0.15, -0.1) is 0 Å². The molecule has 1 amide bonds. The molecule has 24 heavy (non-hydrogen) atoms. The van der Waals surface area contributed by atoms with E-state index in [-0.39, 0.29) is 11.4 Å². The normalized spacial score (nSPS) is 32.6. The number of hydrogen-bond acceptors (Lipinski definition) is 5. The van der Waals surface area contributed by atoms with Crippen molar-refractivity contribution in [3.63, 3.8) is 0 Å². The number of amidine groups is 1. The van der Waals surface area contributed by atoms with E-state index in [1.807, 2.05) is 0 Å². The fourth-order valence-electron chi connectivity index (χ4n) is 3.73. The van der Waals surface area contributed by atoms with Gasteiger partial charge in [0.15, 0.2) is 0 Å². The number of nitrogens with zero attached hydrogens (tertiary/aromatic N) is 1. The van der Waals surface area contributed by atoms with Crippen LogP contribution in [0, 0.1) is 5.82 Å². The lowest BCUT2D eigenvalue weighted by Gasteiger charge is -2.57. The van der Waals surface area contributed by atoms with Crippen molar-refractivity contribution in [2.75, 3.05) is 5.73 Å². The zero-order valence-electron chi connectivity index (χ0n) is 13.1. The number of nitrogens with two attached hydrogens (primary N) is 1. The molecule has 3 rings (SSSR count). The van der Waals surface area contributed by atoms with Crippen LogP contribution >= 0.6 is 10.6 Å². The van der Waals surface area contributed by atoms with Gasteiger partial charge in [0.05, 0.1) is 5.25 Å². The number of aliphatic imine (C=N–C) groups is 1. The summed E-state index contributed by atoms with van der Waals surface area (Å²) in [5.74, 6) is -0.591. The maximum Gasteiger partial charge on any atom is 0.410 e. The highest BCUT2D eigenvalue weighted by Gasteiger charge is 2.55. The zero-order valence-corrected chi connectivity index (χ0v) is 13.9. The Bertz CT molecular complexity index is 727. The van der Waals surface area contributed by atoms with Crippen molar-refractivity contribution >= 4 is 28.2 Å². The third-order valence-electron chi connectivity index (χ3n) is 4.83. The third kappa shape index (κ3) is 2.52. The molecule has 0 radical (unpaired) electrons. The van der Waals surface area contributed by atoms with Crippen molar-refractivity contribution in [3.8, 4) is 0 Å². The SMILES string of the molecule is C[C@]1(c2cc(N)ccc2F)N=C(NC(=O)O)[C@@H]2CCC[C@H]1S2(O)O. The molecule has 9 heteroatoms. The smallest absolute Gasteiger partial charge is 0.410 e. The molecule has 0 aliphatic carbocycles. The number of benzene rings is 1. The zero-order chi connectivity index (χ0) is 17.7. The molecule has 1 aromatic carbocycles. The van der Waals surface area contributed by atoms with Crippen LogP contribution in [0.1, 0.15) is 31.7 Å². The van der Waals surface area contributed by atoms with Crippen molar-refractivity contribution < 1.29 is 23.4 Å². The minimum Gasteiger partial charge on any atom is -0.465 e. The van der Waals surface area contributed by atoms with Crippen molar-refractivity contribution in [1.29, 1.82) is 0 Å². The Labute approximate surface area is 140 Å². The molecule has 7 nitrogen and oxygen atoms in total. The largest absolute Gasteiger partial charge is 0.465 e. The molecule has 6 N–H and O–H groups in total.